The Morgan fingerprint density at radius 2 is 1.71 bits per heavy atom. The monoisotopic (exact) mass is 435 g/mol. The molecule has 2 aromatic carbocycles. The van der Waals surface area contributed by atoms with Crippen LogP contribution in [0.4, 0.5) is 5.69 Å². The lowest BCUT2D eigenvalue weighted by Crippen LogP contribution is -2.27. The summed E-state index contributed by atoms with van der Waals surface area (Å²) in [5, 5.41) is 1.79. The van der Waals surface area contributed by atoms with E-state index < -0.39 is 11.9 Å². The highest BCUT2D eigenvalue weighted by atomic mass is 32.1. The molecule has 158 valence electrons. The van der Waals surface area contributed by atoms with E-state index in [-0.39, 0.29) is 31.3 Å². The molecule has 7 heteroatoms. The molecule has 0 N–H and O–H groups in total. The predicted molar refractivity (Wildman–Crippen MR) is 118 cm³/mol. The van der Waals surface area contributed by atoms with E-state index in [1.165, 1.54) is 11.3 Å². The first-order valence-corrected chi connectivity index (χ1v) is 10.8. The number of nitrogens with zero attached hydrogens (tertiary/aromatic N) is 1. The number of esters is 1. The topological polar surface area (TPSA) is 72.9 Å². The van der Waals surface area contributed by atoms with E-state index in [9.17, 15) is 14.4 Å². The number of aryl methyl sites for hydroxylation is 1. The lowest BCUT2D eigenvalue weighted by Gasteiger charge is -2.17. The van der Waals surface area contributed by atoms with E-state index in [4.69, 9.17) is 9.47 Å². The van der Waals surface area contributed by atoms with Crippen molar-refractivity contribution in [2.24, 2.45) is 5.92 Å². The summed E-state index contributed by atoms with van der Waals surface area (Å²) in [4.78, 5) is 38.9. The Bertz CT molecular complexity index is 1070. The number of carbonyl (C=O) groups is 3. The average Bonchev–Trinajstić information content (AvgIpc) is 3.44. The van der Waals surface area contributed by atoms with Gasteiger partial charge in [-0.2, -0.15) is 0 Å². The van der Waals surface area contributed by atoms with Gasteiger partial charge in [-0.25, -0.2) is 0 Å². The lowest BCUT2D eigenvalue weighted by molar-refractivity contribution is -0.147. The SMILES string of the molecule is Cc1ccc(Oc2ccc(N3C[C@H](C(=O)OCC(=O)c4cccs4)CC3=O)cc2)cc1. The number of benzene rings is 2. The zero-order chi connectivity index (χ0) is 21.8. The van der Waals surface area contributed by atoms with Crippen LogP contribution in [0.25, 0.3) is 0 Å². The number of thiophene rings is 1. The zero-order valence-electron chi connectivity index (χ0n) is 16.9. The summed E-state index contributed by atoms with van der Waals surface area (Å²) in [6.07, 6.45) is 0.0631. The first-order valence-electron chi connectivity index (χ1n) is 9.88. The fourth-order valence-electron chi connectivity index (χ4n) is 3.31. The van der Waals surface area contributed by atoms with Gasteiger partial charge in [-0.1, -0.05) is 23.8 Å². The van der Waals surface area contributed by atoms with Crippen molar-refractivity contribution in [3.05, 3.63) is 76.5 Å². The average molecular weight is 436 g/mol. The van der Waals surface area contributed by atoms with E-state index in [1.807, 2.05) is 31.2 Å². The molecule has 1 aromatic heterocycles. The summed E-state index contributed by atoms with van der Waals surface area (Å²) in [7, 11) is 0. The van der Waals surface area contributed by atoms with Gasteiger partial charge in [0.25, 0.3) is 0 Å². The highest BCUT2D eigenvalue weighted by Gasteiger charge is 2.36. The van der Waals surface area contributed by atoms with Gasteiger partial charge < -0.3 is 14.4 Å². The van der Waals surface area contributed by atoms with Crippen LogP contribution in [0.1, 0.15) is 21.7 Å². The summed E-state index contributed by atoms with van der Waals surface area (Å²) in [6, 6.07) is 18.3. The summed E-state index contributed by atoms with van der Waals surface area (Å²) in [5.41, 5.74) is 1.84. The van der Waals surface area contributed by atoms with E-state index >= 15 is 0 Å². The number of anilines is 1. The summed E-state index contributed by atoms with van der Waals surface area (Å²) < 4.78 is 11.0. The largest absolute Gasteiger partial charge is 0.457 e. The molecule has 0 bridgehead atoms. The second-order valence-corrected chi connectivity index (χ2v) is 8.27. The van der Waals surface area contributed by atoms with E-state index in [0.717, 1.165) is 11.3 Å². The quantitative estimate of drug-likeness (QED) is 0.400. The lowest BCUT2D eigenvalue weighted by atomic mass is 10.1. The molecule has 0 radical (unpaired) electrons. The number of rotatable bonds is 7. The van der Waals surface area contributed by atoms with E-state index in [1.54, 1.807) is 46.7 Å². The third kappa shape index (κ3) is 5.00. The van der Waals surface area contributed by atoms with Gasteiger partial charge in [0.1, 0.15) is 11.5 Å². The third-order valence-electron chi connectivity index (χ3n) is 5.00. The Morgan fingerprint density at radius 3 is 2.35 bits per heavy atom. The molecule has 4 rings (SSSR count). The van der Waals surface area contributed by atoms with Crippen molar-refractivity contribution in [3.63, 3.8) is 0 Å². The molecule has 1 amide bonds. The Hall–Kier alpha value is -3.45. The standard InChI is InChI=1S/C24H21NO5S/c1-16-4-8-19(9-5-16)30-20-10-6-18(7-11-20)25-14-17(13-23(25)27)24(28)29-15-21(26)22-3-2-12-31-22/h2-12,17H,13-15H2,1H3/t17-/m1/s1. The molecular formula is C24H21NO5S. The van der Waals surface area contributed by atoms with Crippen molar-refractivity contribution in [1.29, 1.82) is 0 Å². The molecule has 1 saturated heterocycles. The fourth-order valence-corrected chi connectivity index (χ4v) is 3.97. The summed E-state index contributed by atoms with van der Waals surface area (Å²) >= 11 is 1.30. The number of ketones is 1. The van der Waals surface area contributed by atoms with Crippen LogP contribution in [-0.4, -0.2) is 30.8 Å². The molecule has 0 unspecified atom stereocenters. The minimum absolute atomic E-state index is 0.0631. The maximum absolute atomic E-state index is 12.4. The molecule has 2 heterocycles. The Labute approximate surface area is 184 Å². The van der Waals surface area contributed by atoms with Crippen LogP contribution >= 0.6 is 11.3 Å². The number of amides is 1. The van der Waals surface area contributed by atoms with Gasteiger partial charge in [-0.05, 0) is 54.8 Å². The van der Waals surface area contributed by atoms with Gasteiger partial charge in [-0.3, -0.25) is 14.4 Å². The van der Waals surface area contributed by atoms with Crippen molar-refractivity contribution in [1.82, 2.24) is 0 Å². The predicted octanol–water partition coefficient (Wildman–Crippen LogP) is 4.63. The zero-order valence-corrected chi connectivity index (χ0v) is 17.8. The molecule has 0 aliphatic carbocycles. The molecule has 31 heavy (non-hydrogen) atoms. The van der Waals surface area contributed by atoms with Crippen LogP contribution in [0.5, 0.6) is 11.5 Å². The highest BCUT2D eigenvalue weighted by Crippen LogP contribution is 2.29. The Kier molecular flexibility index (Phi) is 6.13. The van der Waals surface area contributed by atoms with Crippen LogP contribution < -0.4 is 9.64 Å². The van der Waals surface area contributed by atoms with Crippen LogP contribution in [-0.2, 0) is 14.3 Å². The van der Waals surface area contributed by atoms with Crippen LogP contribution in [0, 0.1) is 12.8 Å². The third-order valence-corrected chi connectivity index (χ3v) is 5.92. The Balaban J connectivity index is 1.33. The molecule has 0 saturated carbocycles. The van der Waals surface area contributed by atoms with Crippen LogP contribution in [0.3, 0.4) is 0 Å². The number of ether oxygens (including phenoxy) is 2. The summed E-state index contributed by atoms with van der Waals surface area (Å²) in [5.74, 6) is -0.127. The van der Waals surface area contributed by atoms with Crippen molar-refractivity contribution in [2.45, 2.75) is 13.3 Å². The van der Waals surface area contributed by atoms with Gasteiger partial charge in [0.2, 0.25) is 11.7 Å². The number of carbonyl (C=O) groups excluding carboxylic acids is 3. The van der Waals surface area contributed by atoms with Crippen molar-refractivity contribution in [2.75, 3.05) is 18.1 Å². The number of Topliss-reactive ketones (excluding diaryl/α,β-unsaturated/α-hetero) is 1. The smallest absolute Gasteiger partial charge is 0.311 e. The maximum Gasteiger partial charge on any atom is 0.311 e. The highest BCUT2D eigenvalue weighted by molar-refractivity contribution is 7.12. The van der Waals surface area contributed by atoms with Crippen molar-refractivity contribution >= 4 is 34.7 Å². The normalized spacial score (nSPS) is 15.7. The molecule has 3 aromatic rings. The molecule has 6 nitrogen and oxygen atoms in total. The van der Waals surface area contributed by atoms with E-state index in [0.29, 0.717) is 16.3 Å². The summed E-state index contributed by atoms with van der Waals surface area (Å²) in [6.45, 7) is 1.93. The van der Waals surface area contributed by atoms with Gasteiger partial charge in [0.15, 0.2) is 6.61 Å². The molecule has 1 aliphatic rings. The van der Waals surface area contributed by atoms with Gasteiger partial charge in [0.05, 0.1) is 10.8 Å². The second-order valence-electron chi connectivity index (χ2n) is 7.32. The van der Waals surface area contributed by atoms with Gasteiger partial charge in [-0.15, -0.1) is 11.3 Å². The van der Waals surface area contributed by atoms with Crippen molar-refractivity contribution in [3.8, 4) is 11.5 Å². The number of hydrogen-bond acceptors (Lipinski definition) is 6. The molecule has 0 spiro atoms. The van der Waals surface area contributed by atoms with Crippen LogP contribution in [0.15, 0.2) is 66.0 Å². The molecule has 1 atom stereocenters. The minimum atomic E-state index is -0.591. The molecule has 1 aliphatic heterocycles. The molecule has 1 fully saturated rings. The number of hydrogen-bond donors (Lipinski definition) is 0. The fraction of sp³-hybridized carbons (Fsp3) is 0.208. The van der Waals surface area contributed by atoms with Crippen molar-refractivity contribution < 1.29 is 23.9 Å². The van der Waals surface area contributed by atoms with E-state index in [2.05, 4.69) is 0 Å². The van der Waals surface area contributed by atoms with Gasteiger partial charge in [0, 0.05) is 18.7 Å². The van der Waals surface area contributed by atoms with Crippen LogP contribution in [0.2, 0.25) is 0 Å². The maximum atomic E-state index is 12.4. The second kappa shape index (κ2) is 9.14. The first-order chi connectivity index (χ1) is 15.0. The van der Waals surface area contributed by atoms with Gasteiger partial charge >= 0.3 is 5.97 Å². The minimum Gasteiger partial charge on any atom is -0.457 e. The molecular weight excluding hydrogens is 414 g/mol. The Morgan fingerprint density at radius 1 is 1.03 bits per heavy atom. The first kappa shape index (κ1) is 20.8.